The van der Waals surface area contributed by atoms with Gasteiger partial charge in [0.2, 0.25) is 0 Å². The third kappa shape index (κ3) is 5.50. The Bertz CT molecular complexity index is 1100. The highest BCUT2D eigenvalue weighted by Gasteiger charge is 2.34. The number of anilines is 1. The van der Waals surface area contributed by atoms with Crippen molar-refractivity contribution in [2.24, 2.45) is 0 Å². The SMILES string of the molecule is N#Cc1cccc(SNc2ccc(C(=O)N3CCC(O)(Cc4ccccc4)CC3)cc2)c1. The van der Waals surface area contributed by atoms with Gasteiger partial charge < -0.3 is 14.7 Å². The first-order chi connectivity index (χ1) is 15.5. The summed E-state index contributed by atoms with van der Waals surface area (Å²) < 4.78 is 3.24. The van der Waals surface area contributed by atoms with Gasteiger partial charge >= 0.3 is 0 Å². The van der Waals surface area contributed by atoms with Crippen LogP contribution >= 0.6 is 11.9 Å². The van der Waals surface area contributed by atoms with Crippen LogP contribution in [0.5, 0.6) is 0 Å². The molecule has 1 amide bonds. The number of nitrogens with zero attached hydrogens (tertiary/aromatic N) is 2. The van der Waals surface area contributed by atoms with E-state index in [2.05, 4.69) is 10.8 Å². The Balaban J connectivity index is 1.30. The maximum atomic E-state index is 12.9. The zero-order chi connectivity index (χ0) is 22.4. The van der Waals surface area contributed by atoms with E-state index < -0.39 is 5.60 Å². The van der Waals surface area contributed by atoms with Crippen molar-refractivity contribution >= 4 is 23.5 Å². The van der Waals surface area contributed by atoms with Gasteiger partial charge in [-0.15, -0.1) is 0 Å². The summed E-state index contributed by atoms with van der Waals surface area (Å²) in [6.45, 7) is 1.10. The van der Waals surface area contributed by atoms with Gasteiger partial charge in [0.15, 0.2) is 0 Å². The molecule has 0 radical (unpaired) electrons. The van der Waals surface area contributed by atoms with Crippen molar-refractivity contribution in [1.29, 1.82) is 5.26 Å². The van der Waals surface area contributed by atoms with Gasteiger partial charge in [0.05, 0.1) is 17.2 Å². The average molecular weight is 444 g/mol. The molecular formula is C26H25N3O2S. The van der Waals surface area contributed by atoms with E-state index in [9.17, 15) is 9.90 Å². The molecule has 0 atom stereocenters. The molecule has 1 fully saturated rings. The molecule has 1 heterocycles. The summed E-state index contributed by atoms with van der Waals surface area (Å²) in [5.41, 5.74) is 2.50. The van der Waals surface area contributed by atoms with E-state index in [1.807, 2.05) is 77.7 Å². The molecule has 3 aromatic rings. The van der Waals surface area contributed by atoms with Crippen molar-refractivity contribution in [1.82, 2.24) is 4.90 Å². The third-order valence-corrected chi connectivity index (χ3v) is 6.57. The summed E-state index contributed by atoms with van der Waals surface area (Å²) in [6.07, 6.45) is 1.77. The molecule has 6 heteroatoms. The number of hydrogen-bond acceptors (Lipinski definition) is 5. The highest BCUT2D eigenvalue weighted by Crippen LogP contribution is 2.28. The summed E-state index contributed by atoms with van der Waals surface area (Å²) in [7, 11) is 0. The van der Waals surface area contributed by atoms with Crippen LogP contribution in [0.15, 0.2) is 83.8 Å². The van der Waals surface area contributed by atoms with Crippen LogP contribution in [0.1, 0.15) is 34.3 Å². The number of hydrogen-bond donors (Lipinski definition) is 2. The molecule has 32 heavy (non-hydrogen) atoms. The molecule has 1 aliphatic rings. The summed E-state index contributed by atoms with van der Waals surface area (Å²) in [5, 5.41) is 20.0. The Morgan fingerprint density at radius 3 is 2.44 bits per heavy atom. The van der Waals surface area contributed by atoms with Crippen LogP contribution in [0.4, 0.5) is 5.69 Å². The summed E-state index contributed by atoms with van der Waals surface area (Å²) in [6, 6.07) is 26.9. The van der Waals surface area contributed by atoms with E-state index in [-0.39, 0.29) is 5.91 Å². The number of nitrogens with one attached hydrogen (secondary N) is 1. The van der Waals surface area contributed by atoms with Gasteiger partial charge in [0.1, 0.15) is 0 Å². The van der Waals surface area contributed by atoms with Crippen molar-refractivity contribution in [3.05, 3.63) is 95.6 Å². The zero-order valence-electron chi connectivity index (χ0n) is 17.7. The summed E-state index contributed by atoms with van der Waals surface area (Å²) in [5.74, 6) is -0.00677. The number of nitriles is 1. The smallest absolute Gasteiger partial charge is 0.253 e. The number of carbonyl (C=O) groups is 1. The molecule has 4 rings (SSSR count). The van der Waals surface area contributed by atoms with Crippen LogP contribution in [0, 0.1) is 11.3 Å². The van der Waals surface area contributed by atoms with E-state index in [1.54, 1.807) is 6.07 Å². The lowest BCUT2D eigenvalue weighted by molar-refractivity contribution is -0.0162. The van der Waals surface area contributed by atoms with E-state index >= 15 is 0 Å². The lowest BCUT2D eigenvalue weighted by atomic mass is 9.85. The maximum Gasteiger partial charge on any atom is 0.253 e. The number of benzene rings is 3. The largest absolute Gasteiger partial charge is 0.389 e. The van der Waals surface area contributed by atoms with Gasteiger partial charge in [-0.1, -0.05) is 36.4 Å². The second-order valence-corrected chi connectivity index (χ2v) is 8.98. The van der Waals surface area contributed by atoms with Gasteiger partial charge in [-0.25, -0.2) is 0 Å². The molecule has 0 aliphatic carbocycles. The molecule has 0 bridgehead atoms. The Hall–Kier alpha value is -3.27. The maximum absolute atomic E-state index is 12.9. The number of amides is 1. The van der Waals surface area contributed by atoms with Gasteiger partial charge in [0.25, 0.3) is 5.91 Å². The van der Waals surface area contributed by atoms with Gasteiger partial charge in [0, 0.05) is 35.7 Å². The first-order valence-corrected chi connectivity index (χ1v) is 11.4. The van der Waals surface area contributed by atoms with Crippen LogP contribution in [-0.2, 0) is 6.42 Å². The van der Waals surface area contributed by atoms with Crippen LogP contribution in [-0.4, -0.2) is 34.6 Å². The fraction of sp³-hybridized carbons (Fsp3) is 0.231. The van der Waals surface area contributed by atoms with E-state index in [4.69, 9.17) is 5.26 Å². The van der Waals surface area contributed by atoms with Crippen molar-refractivity contribution in [2.45, 2.75) is 29.8 Å². The van der Waals surface area contributed by atoms with Crippen molar-refractivity contribution in [3.8, 4) is 6.07 Å². The van der Waals surface area contributed by atoms with Crippen molar-refractivity contribution in [3.63, 3.8) is 0 Å². The van der Waals surface area contributed by atoms with Crippen LogP contribution in [0.25, 0.3) is 0 Å². The predicted molar refractivity (Wildman–Crippen MR) is 127 cm³/mol. The first-order valence-electron chi connectivity index (χ1n) is 10.6. The number of piperidine rings is 1. The fourth-order valence-corrected chi connectivity index (χ4v) is 4.59. The molecule has 5 nitrogen and oxygen atoms in total. The summed E-state index contributed by atoms with van der Waals surface area (Å²) >= 11 is 1.42. The van der Waals surface area contributed by atoms with Crippen LogP contribution in [0.2, 0.25) is 0 Å². The molecule has 1 aliphatic heterocycles. The Kier molecular flexibility index (Phi) is 6.79. The minimum absolute atomic E-state index is 0.00677. The van der Waals surface area contributed by atoms with Gasteiger partial charge in [-0.05, 0) is 72.8 Å². The molecule has 0 spiro atoms. The topological polar surface area (TPSA) is 76.4 Å². The highest BCUT2D eigenvalue weighted by molar-refractivity contribution is 8.00. The Morgan fingerprint density at radius 2 is 1.75 bits per heavy atom. The number of aliphatic hydroxyl groups is 1. The monoisotopic (exact) mass is 443 g/mol. The standard InChI is InChI=1S/C26H25N3O2S/c27-19-21-7-4-8-24(17-21)32-28-23-11-9-22(10-12-23)25(30)29-15-13-26(31,14-16-29)18-20-5-2-1-3-6-20/h1-12,17,28,31H,13-16,18H2. The first kappa shape index (κ1) is 21.9. The lowest BCUT2D eigenvalue weighted by Gasteiger charge is -2.38. The van der Waals surface area contributed by atoms with Crippen LogP contribution < -0.4 is 4.72 Å². The number of likely N-dealkylation sites (tertiary alicyclic amines) is 1. The highest BCUT2D eigenvalue weighted by atomic mass is 32.2. The zero-order valence-corrected chi connectivity index (χ0v) is 18.5. The Labute approximate surface area is 192 Å². The van der Waals surface area contributed by atoms with Gasteiger partial charge in [-0.3, -0.25) is 4.79 Å². The molecule has 162 valence electrons. The van der Waals surface area contributed by atoms with Crippen LogP contribution in [0.3, 0.4) is 0 Å². The molecule has 0 unspecified atom stereocenters. The molecule has 2 N–H and O–H groups in total. The lowest BCUT2D eigenvalue weighted by Crippen LogP contribution is -2.47. The van der Waals surface area contributed by atoms with Crippen molar-refractivity contribution in [2.75, 3.05) is 17.8 Å². The summed E-state index contributed by atoms with van der Waals surface area (Å²) in [4.78, 5) is 15.7. The minimum atomic E-state index is -0.758. The second-order valence-electron chi connectivity index (χ2n) is 8.10. The normalized spacial score (nSPS) is 15.1. The molecule has 3 aromatic carbocycles. The molecule has 0 aromatic heterocycles. The van der Waals surface area contributed by atoms with E-state index in [1.165, 1.54) is 11.9 Å². The molecule has 1 saturated heterocycles. The van der Waals surface area contributed by atoms with Gasteiger partial charge in [-0.2, -0.15) is 5.26 Å². The quantitative estimate of drug-likeness (QED) is 0.531. The second kappa shape index (κ2) is 9.90. The number of rotatable bonds is 6. The fourth-order valence-electron chi connectivity index (χ4n) is 3.89. The Morgan fingerprint density at radius 1 is 1.03 bits per heavy atom. The third-order valence-electron chi connectivity index (χ3n) is 5.74. The van der Waals surface area contributed by atoms with E-state index in [0.717, 1.165) is 16.1 Å². The van der Waals surface area contributed by atoms with Crippen molar-refractivity contribution < 1.29 is 9.90 Å². The number of carbonyl (C=O) groups excluding carboxylic acids is 1. The predicted octanol–water partition coefficient (Wildman–Crippen LogP) is 4.89. The minimum Gasteiger partial charge on any atom is -0.389 e. The van der Waals surface area contributed by atoms with E-state index in [0.29, 0.717) is 43.5 Å². The average Bonchev–Trinajstić information content (AvgIpc) is 2.84. The molecule has 0 saturated carbocycles. The molecular weight excluding hydrogens is 418 g/mol.